The van der Waals surface area contributed by atoms with Gasteiger partial charge in [0.05, 0.1) is 5.92 Å². The van der Waals surface area contributed by atoms with E-state index in [4.69, 9.17) is 11.6 Å². The molecule has 1 aliphatic rings. The Labute approximate surface area is 153 Å². The Balaban J connectivity index is 1.84. The van der Waals surface area contributed by atoms with Gasteiger partial charge in [-0.1, -0.05) is 29.8 Å². The molecule has 0 saturated carbocycles. The van der Waals surface area contributed by atoms with Gasteiger partial charge >= 0.3 is 0 Å². The number of hydrogen-bond donors (Lipinski definition) is 1. The van der Waals surface area contributed by atoms with E-state index in [2.05, 4.69) is 4.98 Å². The van der Waals surface area contributed by atoms with Crippen molar-refractivity contribution >= 4 is 17.5 Å². The lowest BCUT2D eigenvalue weighted by Crippen LogP contribution is -2.43. The van der Waals surface area contributed by atoms with E-state index >= 15 is 0 Å². The molecule has 1 saturated heterocycles. The normalized spacial score (nSPS) is 18.8. The number of aliphatic hydroxyl groups excluding tert-OH is 1. The number of piperidine rings is 1. The van der Waals surface area contributed by atoms with Gasteiger partial charge in [0.25, 0.3) is 0 Å². The van der Waals surface area contributed by atoms with Crippen LogP contribution in [-0.4, -0.2) is 40.6 Å². The predicted molar refractivity (Wildman–Crippen MR) is 98.5 cm³/mol. The minimum atomic E-state index is -0.287. The van der Waals surface area contributed by atoms with Crippen molar-refractivity contribution in [2.75, 3.05) is 19.7 Å². The van der Waals surface area contributed by atoms with Crippen LogP contribution in [0.2, 0.25) is 5.02 Å². The number of nitrogens with zero attached hydrogens (tertiary/aromatic N) is 2. The molecule has 1 aromatic carbocycles. The fourth-order valence-electron chi connectivity index (χ4n) is 3.41. The molecule has 0 bridgehead atoms. The van der Waals surface area contributed by atoms with Crippen LogP contribution in [0.3, 0.4) is 0 Å². The molecule has 2 heterocycles. The van der Waals surface area contributed by atoms with Crippen LogP contribution in [0, 0.1) is 5.92 Å². The van der Waals surface area contributed by atoms with Crippen molar-refractivity contribution in [2.24, 2.45) is 5.92 Å². The monoisotopic (exact) mass is 358 g/mol. The highest BCUT2D eigenvalue weighted by Gasteiger charge is 2.30. The number of rotatable bonds is 5. The maximum absolute atomic E-state index is 13.2. The molecule has 1 amide bonds. The number of likely N-dealkylation sites (tertiary alicyclic amines) is 1. The topological polar surface area (TPSA) is 53.4 Å². The molecule has 4 nitrogen and oxygen atoms in total. The molecular weight excluding hydrogens is 336 g/mol. The molecule has 2 aromatic rings. The van der Waals surface area contributed by atoms with Gasteiger partial charge in [0.2, 0.25) is 5.91 Å². The summed E-state index contributed by atoms with van der Waals surface area (Å²) in [5.74, 6) is -0.00541. The van der Waals surface area contributed by atoms with Crippen LogP contribution < -0.4 is 0 Å². The molecule has 0 aliphatic carbocycles. The van der Waals surface area contributed by atoms with Crippen LogP contribution in [0.25, 0.3) is 0 Å². The molecule has 1 aromatic heterocycles. The summed E-state index contributed by atoms with van der Waals surface area (Å²) in [6, 6.07) is 13.2. The van der Waals surface area contributed by atoms with Gasteiger partial charge in [-0.3, -0.25) is 9.78 Å². The third-order valence-corrected chi connectivity index (χ3v) is 5.05. The number of amides is 1. The Morgan fingerprint density at radius 1 is 1.28 bits per heavy atom. The Kier molecular flexibility index (Phi) is 6.05. The SMILES string of the molecule is O=C(C(Cc1ccccn1)c1ccc(Cl)cc1)N1CCCC(CO)C1. The summed E-state index contributed by atoms with van der Waals surface area (Å²) in [6.45, 7) is 1.51. The number of carbonyl (C=O) groups is 1. The molecule has 3 rings (SSSR count). The minimum Gasteiger partial charge on any atom is -0.396 e. The van der Waals surface area contributed by atoms with Crippen molar-refractivity contribution in [1.29, 1.82) is 0 Å². The summed E-state index contributed by atoms with van der Waals surface area (Å²) < 4.78 is 0. The van der Waals surface area contributed by atoms with E-state index in [0.717, 1.165) is 30.6 Å². The fraction of sp³-hybridized carbons (Fsp3) is 0.400. The van der Waals surface area contributed by atoms with Crippen molar-refractivity contribution in [3.63, 3.8) is 0 Å². The molecule has 1 fully saturated rings. The van der Waals surface area contributed by atoms with E-state index in [9.17, 15) is 9.90 Å². The van der Waals surface area contributed by atoms with Gasteiger partial charge in [-0.25, -0.2) is 0 Å². The number of halogens is 1. The quantitative estimate of drug-likeness (QED) is 0.892. The average Bonchev–Trinajstić information content (AvgIpc) is 2.67. The lowest BCUT2D eigenvalue weighted by Gasteiger charge is -2.34. The summed E-state index contributed by atoms with van der Waals surface area (Å²) in [4.78, 5) is 19.5. The Morgan fingerprint density at radius 3 is 2.76 bits per heavy atom. The third-order valence-electron chi connectivity index (χ3n) is 4.80. The van der Waals surface area contributed by atoms with Gasteiger partial charge in [0.1, 0.15) is 0 Å². The maximum Gasteiger partial charge on any atom is 0.230 e. The molecular formula is C20H23ClN2O2. The lowest BCUT2D eigenvalue weighted by atomic mass is 9.90. The van der Waals surface area contributed by atoms with E-state index < -0.39 is 0 Å². The highest BCUT2D eigenvalue weighted by Crippen LogP contribution is 2.27. The van der Waals surface area contributed by atoms with Crippen LogP contribution in [0.1, 0.15) is 30.0 Å². The van der Waals surface area contributed by atoms with Gasteiger partial charge in [-0.15, -0.1) is 0 Å². The van der Waals surface area contributed by atoms with Gasteiger partial charge in [0.15, 0.2) is 0 Å². The summed E-state index contributed by atoms with van der Waals surface area (Å²) in [5.41, 5.74) is 1.85. The third kappa shape index (κ3) is 4.59. The van der Waals surface area contributed by atoms with Crippen LogP contribution in [0.15, 0.2) is 48.7 Å². The Bertz CT molecular complexity index is 691. The second kappa shape index (κ2) is 8.45. The van der Waals surface area contributed by atoms with Crippen molar-refractivity contribution in [2.45, 2.75) is 25.2 Å². The van der Waals surface area contributed by atoms with Gasteiger partial charge < -0.3 is 10.0 Å². The number of carbonyl (C=O) groups excluding carboxylic acids is 1. The first kappa shape index (κ1) is 17.9. The van der Waals surface area contributed by atoms with Crippen molar-refractivity contribution in [1.82, 2.24) is 9.88 Å². The van der Waals surface area contributed by atoms with Crippen LogP contribution in [0.4, 0.5) is 0 Å². The van der Waals surface area contributed by atoms with Crippen molar-refractivity contribution < 1.29 is 9.90 Å². The summed E-state index contributed by atoms with van der Waals surface area (Å²) in [6.07, 6.45) is 4.23. The maximum atomic E-state index is 13.2. The van der Waals surface area contributed by atoms with Crippen LogP contribution in [0.5, 0.6) is 0 Å². The van der Waals surface area contributed by atoms with Crippen molar-refractivity contribution in [3.8, 4) is 0 Å². The van der Waals surface area contributed by atoms with E-state index in [1.54, 1.807) is 6.20 Å². The summed E-state index contributed by atoms with van der Waals surface area (Å²) in [5, 5.41) is 10.1. The Hall–Kier alpha value is -1.91. The molecule has 2 unspecified atom stereocenters. The summed E-state index contributed by atoms with van der Waals surface area (Å²) >= 11 is 6.01. The zero-order chi connectivity index (χ0) is 17.6. The average molecular weight is 359 g/mol. The second-order valence-corrected chi connectivity index (χ2v) is 7.04. The van der Waals surface area contributed by atoms with Crippen molar-refractivity contribution in [3.05, 3.63) is 64.9 Å². The number of hydrogen-bond acceptors (Lipinski definition) is 3. The first-order valence-electron chi connectivity index (χ1n) is 8.72. The highest BCUT2D eigenvalue weighted by molar-refractivity contribution is 6.30. The van der Waals surface area contributed by atoms with Crippen LogP contribution in [-0.2, 0) is 11.2 Å². The number of benzene rings is 1. The lowest BCUT2D eigenvalue weighted by molar-refractivity contribution is -0.135. The smallest absolute Gasteiger partial charge is 0.230 e. The molecule has 132 valence electrons. The fourth-order valence-corrected chi connectivity index (χ4v) is 3.53. The van der Waals surface area contributed by atoms with Crippen LogP contribution >= 0.6 is 11.6 Å². The predicted octanol–water partition coefficient (Wildman–Crippen LogP) is 3.29. The van der Waals surface area contributed by atoms with Gasteiger partial charge in [0, 0.05) is 43.0 Å². The molecule has 0 spiro atoms. The first-order valence-corrected chi connectivity index (χ1v) is 9.10. The van der Waals surface area contributed by atoms with E-state index in [-0.39, 0.29) is 24.3 Å². The molecule has 25 heavy (non-hydrogen) atoms. The number of aromatic nitrogens is 1. The molecule has 2 atom stereocenters. The zero-order valence-electron chi connectivity index (χ0n) is 14.1. The Morgan fingerprint density at radius 2 is 2.08 bits per heavy atom. The van der Waals surface area contributed by atoms with E-state index in [1.807, 2.05) is 47.4 Å². The van der Waals surface area contributed by atoms with E-state index in [1.165, 1.54) is 0 Å². The van der Waals surface area contributed by atoms with E-state index in [0.29, 0.717) is 18.0 Å². The second-order valence-electron chi connectivity index (χ2n) is 6.60. The summed E-state index contributed by atoms with van der Waals surface area (Å²) in [7, 11) is 0. The first-order chi connectivity index (χ1) is 12.2. The van der Waals surface area contributed by atoms with Gasteiger partial charge in [-0.2, -0.15) is 0 Å². The molecule has 1 N–H and O–H groups in total. The minimum absolute atomic E-state index is 0.103. The number of pyridine rings is 1. The largest absolute Gasteiger partial charge is 0.396 e. The zero-order valence-corrected chi connectivity index (χ0v) is 14.9. The molecule has 1 aliphatic heterocycles. The standard InChI is InChI=1S/C20H23ClN2O2/c21-17-8-6-16(7-9-17)19(12-18-5-1-2-10-22-18)20(25)23-11-3-4-15(13-23)14-24/h1-2,5-10,15,19,24H,3-4,11-14H2. The van der Waals surface area contributed by atoms with Gasteiger partial charge in [-0.05, 0) is 48.6 Å². The highest BCUT2D eigenvalue weighted by atomic mass is 35.5. The molecule has 5 heteroatoms. The number of aliphatic hydroxyl groups is 1. The molecule has 0 radical (unpaired) electrons.